The van der Waals surface area contributed by atoms with Gasteiger partial charge in [-0.3, -0.25) is 0 Å². The molecule has 2 aliphatic heterocycles. The molecule has 0 spiro atoms. The number of rotatable bonds is 5. The maximum Gasteiger partial charge on any atom is 0.339 e. The molecular formula is C26H34O12. The van der Waals surface area contributed by atoms with Gasteiger partial charge in [0.05, 0.1) is 37.9 Å². The van der Waals surface area contributed by atoms with Crippen LogP contribution in [0.5, 0.6) is 0 Å². The fourth-order valence-electron chi connectivity index (χ4n) is 6.73. The highest BCUT2D eigenvalue weighted by Gasteiger charge is 2.65. The minimum atomic E-state index is -1.76. The molecule has 0 radical (unpaired) electrons. The van der Waals surface area contributed by atoms with Crippen LogP contribution >= 0.6 is 0 Å². The van der Waals surface area contributed by atoms with Crippen molar-refractivity contribution in [2.45, 2.75) is 87.5 Å². The number of cyclic esters (lactones) is 1. The Hall–Kier alpha value is -2.32. The van der Waals surface area contributed by atoms with Gasteiger partial charge in [0.2, 0.25) is 0 Å². The van der Waals surface area contributed by atoms with Crippen molar-refractivity contribution >= 4 is 11.9 Å². The molecule has 2 saturated heterocycles. The fourth-order valence-corrected chi connectivity index (χ4v) is 6.73. The van der Waals surface area contributed by atoms with Crippen LogP contribution in [-0.2, 0) is 28.5 Å². The maximum atomic E-state index is 13.1. The summed E-state index contributed by atoms with van der Waals surface area (Å²) in [6.07, 6.45) is -4.73. The zero-order valence-corrected chi connectivity index (χ0v) is 21.2. The highest BCUT2D eigenvalue weighted by atomic mass is 16.7. The Morgan fingerprint density at radius 3 is 2.61 bits per heavy atom. The number of esters is 2. The molecule has 12 nitrogen and oxygen atoms in total. The topological polar surface area (TPSA) is 185 Å². The lowest BCUT2D eigenvalue weighted by atomic mass is 9.50. The van der Waals surface area contributed by atoms with Crippen LogP contribution in [-0.4, -0.2) is 93.6 Å². The quantitative estimate of drug-likeness (QED) is 0.313. The molecule has 0 bridgehead atoms. The Kier molecular flexibility index (Phi) is 7.18. The highest BCUT2D eigenvalue weighted by molar-refractivity contribution is 5.91. The lowest BCUT2D eigenvalue weighted by Gasteiger charge is -2.57. The smallest absolute Gasteiger partial charge is 0.339 e. The van der Waals surface area contributed by atoms with Crippen molar-refractivity contribution in [2.75, 3.05) is 13.7 Å². The summed E-state index contributed by atoms with van der Waals surface area (Å²) < 4.78 is 27.4. The van der Waals surface area contributed by atoms with Crippen molar-refractivity contribution in [1.82, 2.24) is 0 Å². The van der Waals surface area contributed by atoms with Crippen molar-refractivity contribution in [3.8, 4) is 0 Å². The summed E-state index contributed by atoms with van der Waals surface area (Å²) in [5.74, 6) is -1.75. The van der Waals surface area contributed by atoms with Crippen LogP contribution in [0.3, 0.4) is 0 Å². The number of hydrogen-bond donors (Lipinski definition) is 5. The molecule has 1 aromatic heterocycles. The van der Waals surface area contributed by atoms with E-state index in [4.69, 9.17) is 23.4 Å². The zero-order chi connectivity index (χ0) is 27.4. The van der Waals surface area contributed by atoms with E-state index in [1.54, 1.807) is 6.07 Å². The van der Waals surface area contributed by atoms with Gasteiger partial charge < -0.3 is 48.9 Å². The van der Waals surface area contributed by atoms with Crippen LogP contribution in [0.25, 0.3) is 0 Å². The first-order valence-corrected chi connectivity index (χ1v) is 12.8. The van der Waals surface area contributed by atoms with Gasteiger partial charge in [-0.05, 0) is 44.1 Å². The van der Waals surface area contributed by atoms with Gasteiger partial charge in [0.25, 0.3) is 0 Å². The van der Waals surface area contributed by atoms with E-state index in [9.17, 15) is 35.1 Å². The number of carbonyl (C=O) groups is 2. The maximum absolute atomic E-state index is 13.1. The predicted molar refractivity (Wildman–Crippen MR) is 125 cm³/mol. The summed E-state index contributed by atoms with van der Waals surface area (Å²) in [4.78, 5) is 26.2. The molecule has 0 unspecified atom stereocenters. The molecule has 0 aromatic carbocycles. The van der Waals surface area contributed by atoms with Crippen molar-refractivity contribution in [2.24, 2.45) is 11.3 Å². The average Bonchev–Trinajstić information content (AvgIpc) is 3.45. The van der Waals surface area contributed by atoms with Gasteiger partial charge in [0, 0.05) is 11.0 Å². The molecule has 1 saturated carbocycles. The molecular weight excluding hydrogens is 504 g/mol. The standard InChI is InChI=1S/C26H34O12/c1-25-9-16(12-6-8-35-11-12)38-24(32)26(25,33)7-5-13-14(25)3-4-15(18(13)22(31)34-2)36-23-21(30)20(29)19(28)17(10-27)37-23/h6,8,11,14-17,19-21,23,27-30,33H,3-5,7,9-10H2,1-2H3/t14-,15+,16+,17+,19-,20+,21+,23-,25+,26-/m1/s1. The Bertz CT molecular complexity index is 1080. The number of hydrogen-bond acceptors (Lipinski definition) is 12. The third kappa shape index (κ3) is 4.10. The number of aliphatic hydroxyl groups excluding tert-OH is 4. The second-order valence-electron chi connectivity index (χ2n) is 10.8. The Balaban J connectivity index is 1.49. The minimum absolute atomic E-state index is 0.0273. The molecule has 38 heavy (non-hydrogen) atoms. The fraction of sp³-hybridized carbons (Fsp3) is 0.692. The minimum Gasteiger partial charge on any atom is -0.472 e. The highest BCUT2D eigenvalue weighted by Crippen LogP contribution is 2.61. The van der Waals surface area contributed by atoms with Crippen LogP contribution < -0.4 is 0 Å². The first-order chi connectivity index (χ1) is 18.1. The first kappa shape index (κ1) is 27.3. The Labute approximate surface area is 218 Å². The molecule has 0 amide bonds. The second kappa shape index (κ2) is 10.0. The van der Waals surface area contributed by atoms with Crippen LogP contribution in [0.15, 0.2) is 34.2 Å². The molecule has 3 fully saturated rings. The van der Waals surface area contributed by atoms with Crippen molar-refractivity contribution in [3.63, 3.8) is 0 Å². The third-order valence-corrected chi connectivity index (χ3v) is 8.94. The van der Waals surface area contributed by atoms with Crippen LogP contribution in [0.1, 0.15) is 50.7 Å². The number of ether oxygens (including phenoxy) is 4. The first-order valence-electron chi connectivity index (χ1n) is 12.8. The van der Waals surface area contributed by atoms with E-state index < -0.39 is 72.5 Å². The lowest BCUT2D eigenvalue weighted by Crippen LogP contribution is -2.64. The second-order valence-corrected chi connectivity index (χ2v) is 10.8. The molecule has 5 rings (SSSR count). The zero-order valence-electron chi connectivity index (χ0n) is 21.2. The van der Waals surface area contributed by atoms with E-state index in [-0.39, 0.29) is 30.8 Å². The predicted octanol–water partition coefficient (Wildman–Crippen LogP) is -0.136. The van der Waals surface area contributed by atoms with Crippen molar-refractivity contribution in [3.05, 3.63) is 35.3 Å². The molecule has 5 N–H and O–H groups in total. The van der Waals surface area contributed by atoms with Crippen LogP contribution in [0, 0.1) is 11.3 Å². The van der Waals surface area contributed by atoms with E-state index in [2.05, 4.69) is 0 Å². The number of carbonyl (C=O) groups excluding carboxylic acids is 2. The van der Waals surface area contributed by atoms with Crippen molar-refractivity contribution in [1.29, 1.82) is 0 Å². The lowest BCUT2D eigenvalue weighted by molar-refractivity contribution is -0.309. The van der Waals surface area contributed by atoms with Crippen molar-refractivity contribution < 1.29 is 58.5 Å². The van der Waals surface area contributed by atoms with E-state index in [0.29, 0.717) is 24.0 Å². The number of methoxy groups -OCH3 is 1. The molecule has 10 atom stereocenters. The Morgan fingerprint density at radius 1 is 1.18 bits per heavy atom. The van der Waals surface area contributed by atoms with Gasteiger partial charge in [0.15, 0.2) is 11.9 Å². The van der Waals surface area contributed by atoms with Gasteiger partial charge in [-0.15, -0.1) is 0 Å². The monoisotopic (exact) mass is 538 g/mol. The van der Waals surface area contributed by atoms with E-state index in [0.717, 1.165) is 0 Å². The molecule has 4 aliphatic rings. The summed E-state index contributed by atoms with van der Waals surface area (Å²) in [7, 11) is 1.23. The van der Waals surface area contributed by atoms with E-state index in [1.165, 1.54) is 19.6 Å². The van der Waals surface area contributed by atoms with Crippen LogP contribution in [0.4, 0.5) is 0 Å². The van der Waals surface area contributed by atoms with Gasteiger partial charge in [-0.1, -0.05) is 12.5 Å². The average molecular weight is 539 g/mol. The summed E-state index contributed by atoms with van der Waals surface area (Å²) in [5, 5.41) is 51.9. The molecule has 3 heterocycles. The number of aliphatic hydroxyl groups is 5. The molecule has 2 aliphatic carbocycles. The van der Waals surface area contributed by atoms with E-state index >= 15 is 0 Å². The summed E-state index contributed by atoms with van der Waals surface area (Å²) in [5.41, 5.74) is -1.17. The number of fused-ring (bicyclic) bond motifs is 3. The number of allylic oxidation sites excluding steroid dienone is 1. The molecule has 12 heteroatoms. The molecule has 1 aromatic rings. The number of furan rings is 1. The van der Waals surface area contributed by atoms with Crippen LogP contribution in [0.2, 0.25) is 0 Å². The van der Waals surface area contributed by atoms with Gasteiger partial charge >= 0.3 is 11.9 Å². The SMILES string of the molecule is COC(=O)C1=C2CC[C@@]3(O)C(=O)O[C@H](c4ccoc4)C[C@@]3(C)[C@@H]2CC[C@@H]1O[C@@H]1O[C@@H](CO)[C@@H](O)[C@H](O)[C@@H]1O. The normalized spacial score (nSPS) is 43.2. The van der Waals surface area contributed by atoms with Gasteiger partial charge in [0.1, 0.15) is 30.5 Å². The molecule has 210 valence electrons. The summed E-state index contributed by atoms with van der Waals surface area (Å²) in [6.45, 7) is 1.21. The summed E-state index contributed by atoms with van der Waals surface area (Å²) in [6, 6.07) is 1.70. The largest absolute Gasteiger partial charge is 0.472 e. The van der Waals surface area contributed by atoms with Gasteiger partial charge in [-0.25, -0.2) is 9.59 Å². The van der Waals surface area contributed by atoms with Gasteiger partial charge in [-0.2, -0.15) is 0 Å². The third-order valence-electron chi connectivity index (χ3n) is 8.94. The van der Waals surface area contributed by atoms with E-state index in [1.807, 2.05) is 6.92 Å². The Morgan fingerprint density at radius 2 is 1.95 bits per heavy atom. The summed E-state index contributed by atoms with van der Waals surface area (Å²) >= 11 is 0.